The summed E-state index contributed by atoms with van der Waals surface area (Å²) < 4.78 is 5.09. The maximum absolute atomic E-state index is 12.1. The van der Waals surface area contributed by atoms with Crippen molar-refractivity contribution in [1.29, 1.82) is 0 Å². The molecule has 0 fully saturated rings. The number of nitrogens with one attached hydrogen (secondary N) is 2. The maximum Gasteiger partial charge on any atom is 0.268 e. The second kappa shape index (κ2) is 5.69. The number of rotatable bonds is 5. The highest BCUT2D eigenvalue weighted by Gasteiger charge is 2.20. The number of hydrogen-bond acceptors (Lipinski definition) is 4. The number of H-pyrrole nitrogens is 1. The van der Waals surface area contributed by atoms with E-state index in [9.17, 15) is 4.79 Å². The van der Waals surface area contributed by atoms with Crippen molar-refractivity contribution in [3.63, 3.8) is 0 Å². The lowest BCUT2D eigenvalue weighted by Crippen LogP contribution is -2.28. The van der Waals surface area contributed by atoms with Gasteiger partial charge in [0.2, 0.25) is 5.89 Å². The number of aromatic amines is 1. The average molecular weight is 262 g/mol. The van der Waals surface area contributed by atoms with Crippen molar-refractivity contribution in [2.24, 2.45) is 0 Å². The molecule has 2 aromatic rings. The Hall–Kier alpha value is -2.11. The lowest BCUT2D eigenvalue weighted by atomic mass is 10.2. The van der Waals surface area contributed by atoms with Crippen molar-refractivity contribution in [3.8, 4) is 0 Å². The van der Waals surface area contributed by atoms with Gasteiger partial charge in [0.05, 0.1) is 0 Å². The molecule has 2 N–H and O–H groups in total. The van der Waals surface area contributed by atoms with Gasteiger partial charge < -0.3 is 14.8 Å². The van der Waals surface area contributed by atoms with E-state index in [-0.39, 0.29) is 11.9 Å². The van der Waals surface area contributed by atoms with Gasteiger partial charge in [-0.25, -0.2) is 0 Å². The summed E-state index contributed by atoms with van der Waals surface area (Å²) in [5, 5.41) is 6.62. The molecule has 0 saturated heterocycles. The van der Waals surface area contributed by atoms with Crippen LogP contribution in [0.5, 0.6) is 0 Å². The zero-order valence-corrected chi connectivity index (χ0v) is 11.4. The van der Waals surface area contributed by atoms with Crippen LogP contribution < -0.4 is 5.32 Å². The molecule has 2 aromatic heterocycles. The minimum atomic E-state index is -0.262. The minimum Gasteiger partial charge on any atom is -0.354 e. The lowest BCUT2D eigenvalue weighted by Gasteiger charge is -2.11. The summed E-state index contributed by atoms with van der Waals surface area (Å²) in [5.74, 6) is 0.842. The van der Waals surface area contributed by atoms with Gasteiger partial charge >= 0.3 is 0 Å². The van der Waals surface area contributed by atoms with Crippen LogP contribution in [-0.4, -0.2) is 21.0 Å². The zero-order chi connectivity index (χ0) is 13.8. The predicted molar refractivity (Wildman–Crippen MR) is 69.7 cm³/mol. The van der Waals surface area contributed by atoms with Gasteiger partial charge in [-0.15, -0.1) is 0 Å². The minimum absolute atomic E-state index is 0.164. The summed E-state index contributed by atoms with van der Waals surface area (Å²) in [4.78, 5) is 19.3. The second-order valence-corrected chi connectivity index (χ2v) is 4.36. The van der Waals surface area contributed by atoms with Crippen molar-refractivity contribution in [2.45, 2.75) is 39.7 Å². The van der Waals surface area contributed by atoms with E-state index in [0.29, 0.717) is 23.8 Å². The molecule has 19 heavy (non-hydrogen) atoms. The Morgan fingerprint density at radius 1 is 1.47 bits per heavy atom. The quantitative estimate of drug-likeness (QED) is 0.864. The molecule has 0 aliphatic rings. The topological polar surface area (TPSA) is 83.8 Å². The van der Waals surface area contributed by atoms with E-state index in [0.717, 1.165) is 12.1 Å². The van der Waals surface area contributed by atoms with Gasteiger partial charge in [0.1, 0.15) is 11.7 Å². The standard InChI is InChI=1S/C13H18N4O2/c1-4-9-6-7-11(15-9)12(18)16-10(5-2)13-14-8(3)17-19-13/h6-7,10,15H,4-5H2,1-3H3,(H,16,18). The fraction of sp³-hybridized carbons (Fsp3) is 0.462. The van der Waals surface area contributed by atoms with E-state index < -0.39 is 0 Å². The third-order valence-corrected chi connectivity index (χ3v) is 2.93. The van der Waals surface area contributed by atoms with Gasteiger partial charge in [0.15, 0.2) is 5.82 Å². The van der Waals surface area contributed by atoms with E-state index in [1.807, 2.05) is 19.9 Å². The smallest absolute Gasteiger partial charge is 0.268 e. The number of carbonyl (C=O) groups is 1. The van der Waals surface area contributed by atoms with Gasteiger partial charge in [-0.1, -0.05) is 19.0 Å². The Morgan fingerprint density at radius 2 is 2.26 bits per heavy atom. The van der Waals surface area contributed by atoms with Crippen molar-refractivity contribution < 1.29 is 9.32 Å². The molecule has 0 bridgehead atoms. The monoisotopic (exact) mass is 262 g/mol. The molecule has 6 heteroatoms. The van der Waals surface area contributed by atoms with Gasteiger partial charge in [-0.05, 0) is 31.9 Å². The number of nitrogens with zero attached hydrogens (tertiary/aromatic N) is 2. The molecule has 102 valence electrons. The lowest BCUT2D eigenvalue weighted by molar-refractivity contribution is 0.0922. The van der Waals surface area contributed by atoms with Crippen LogP contribution in [0.25, 0.3) is 0 Å². The zero-order valence-electron chi connectivity index (χ0n) is 11.4. The fourth-order valence-electron chi connectivity index (χ4n) is 1.81. The molecular formula is C13H18N4O2. The summed E-state index contributed by atoms with van der Waals surface area (Å²) in [6.07, 6.45) is 1.56. The van der Waals surface area contributed by atoms with E-state index >= 15 is 0 Å². The van der Waals surface area contributed by atoms with Crippen LogP contribution in [0.3, 0.4) is 0 Å². The van der Waals surface area contributed by atoms with Crippen LogP contribution in [-0.2, 0) is 6.42 Å². The summed E-state index contributed by atoms with van der Waals surface area (Å²) in [7, 11) is 0. The van der Waals surface area contributed by atoms with Crippen LogP contribution >= 0.6 is 0 Å². The van der Waals surface area contributed by atoms with Gasteiger partial charge in [-0.2, -0.15) is 4.98 Å². The van der Waals surface area contributed by atoms with Crippen molar-refractivity contribution in [1.82, 2.24) is 20.4 Å². The van der Waals surface area contributed by atoms with E-state index in [1.54, 1.807) is 13.0 Å². The van der Waals surface area contributed by atoms with Crippen LogP contribution in [0.4, 0.5) is 0 Å². The maximum atomic E-state index is 12.1. The number of carbonyl (C=O) groups excluding carboxylic acids is 1. The van der Waals surface area contributed by atoms with Crippen LogP contribution in [0.1, 0.15) is 54.2 Å². The summed E-state index contributed by atoms with van der Waals surface area (Å²) in [5.41, 5.74) is 1.58. The third-order valence-electron chi connectivity index (χ3n) is 2.93. The first-order valence-electron chi connectivity index (χ1n) is 6.43. The van der Waals surface area contributed by atoms with Crippen LogP contribution in [0, 0.1) is 6.92 Å². The Labute approximate surface area is 111 Å². The number of aromatic nitrogens is 3. The van der Waals surface area contributed by atoms with Crippen LogP contribution in [0.2, 0.25) is 0 Å². The van der Waals surface area contributed by atoms with Gasteiger partial charge in [0.25, 0.3) is 5.91 Å². The molecular weight excluding hydrogens is 244 g/mol. The number of aryl methyl sites for hydroxylation is 2. The number of amides is 1. The van der Waals surface area contributed by atoms with Gasteiger partial charge in [-0.3, -0.25) is 4.79 Å². The highest BCUT2D eigenvalue weighted by molar-refractivity contribution is 5.92. The Bertz CT molecular complexity index is 558. The first-order chi connectivity index (χ1) is 9.13. The predicted octanol–water partition coefficient (Wildman–Crippen LogP) is 2.15. The molecule has 0 saturated carbocycles. The molecule has 0 aliphatic carbocycles. The van der Waals surface area contributed by atoms with E-state index in [2.05, 4.69) is 20.4 Å². The van der Waals surface area contributed by atoms with Crippen LogP contribution in [0.15, 0.2) is 16.7 Å². The summed E-state index contributed by atoms with van der Waals surface area (Å²) in [6, 6.07) is 3.43. The molecule has 0 aromatic carbocycles. The van der Waals surface area contributed by atoms with E-state index in [1.165, 1.54) is 0 Å². The molecule has 1 atom stereocenters. The second-order valence-electron chi connectivity index (χ2n) is 4.36. The SMILES string of the molecule is CCc1ccc(C(=O)NC(CC)c2nc(C)no2)[nH]1. The first kappa shape index (κ1) is 13.3. The summed E-state index contributed by atoms with van der Waals surface area (Å²) >= 11 is 0. The molecule has 1 unspecified atom stereocenters. The van der Waals surface area contributed by atoms with Crippen molar-refractivity contribution in [2.75, 3.05) is 0 Å². The average Bonchev–Trinajstić information content (AvgIpc) is 3.04. The van der Waals surface area contributed by atoms with Crippen molar-refractivity contribution >= 4 is 5.91 Å². The fourth-order valence-corrected chi connectivity index (χ4v) is 1.81. The Balaban J connectivity index is 2.08. The largest absolute Gasteiger partial charge is 0.354 e. The molecule has 0 radical (unpaired) electrons. The normalized spacial score (nSPS) is 12.4. The molecule has 2 heterocycles. The number of hydrogen-bond donors (Lipinski definition) is 2. The molecule has 6 nitrogen and oxygen atoms in total. The molecule has 2 rings (SSSR count). The summed E-state index contributed by atoms with van der Waals surface area (Å²) in [6.45, 7) is 5.74. The van der Waals surface area contributed by atoms with Gasteiger partial charge in [0, 0.05) is 5.69 Å². The molecule has 1 amide bonds. The van der Waals surface area contributed by atoms with E-state index in [4.69, 9.17) is 4.52 Å². The first-order valence-corrected chi connectivity index (χ1v) is 6.43. The van der Waals surface area contributed by atoms with Crippen molar-refractivity contribution in [3.05, 3.63) is 35.2 Å². The Morgan fingerprint density at radius 3 is 2.79 bits per heavy atom. The third kappa shape index (κ3) is 3.01. The highest BCUT2D eigenvalue weighted by atomic mass is 16.5. The molecule has 0 aliphatic heterocycles. The molecule has 0 spiro atoms. The highest BCUT2D eigenvalue weighted by Crippen LogP contribution is 2.15. The Kier molecular flexibility index (Phi) is 3.99.